The van der Waals surface area contributed by atoms with E-state index in [0.717, 1.165) is 76.1 Å². The number of nitrogens with two attached hydrogens (primary N) is 2. The largest absolute Gasteiger partial charge is 0.412 e. The Morgan fingerprint density at radius 1 is 0.788 bits per heavy atom. The Balaban J connectivity index is 0.000000220. The Morgan fingerprint density at radius 3 is 1.83 bits per heavy atom. The molecule has 4 fully saturated rings. The molecule has 2 aliphatic heterocycles. The van der Waals surface area contributed by atoms with Gasteiger partial charge in [-0.05, 0) is 88.4 Å². The summed E-state index contributed by atoms with van der Waals surface area (Å²) in [7, 11) is 0. The first-order valence-corrected chi connectivity index (χ1v) is 24.8. The summed E-state index contributed by atoms with van der Waals surface area (Å²) in [5.74, 6) is 0.605. The van der Waals surface area contributed by atoms with Crippen LogP contribution in [0.1, 0.15) is 86.5 Å². The van der Waals surface area contributed by atoms with Gasteiger partial charge in [-0.3, -0.25) is 28.5 Å². The number of hydrogen-bond acceptors (Lipinski definition) is 12. The van der Waals surface area contributed by atoms with Crippen molar-refractivity contribution in [2.24, 2.45) is 11.5 Å². The lowest BCUT2D eigenvalue weighted by Gasteiger charge is -2.36. The number of halogens is 1. The molecule has 4 aliphatic rings. The van der Waals surface area contributed by atoms with Gasteiger partial charge in [-0.1, -0.05) is 43.9 Å². The number of nitrogens with one attached hydrogen (secondary N) is 2. The van der Waals surface area contributed by atoms with E-state index in [-0.39, 0.29) is 52.6 Å². The second-order valence-corrected chi connectivity index (χ2v) is 19.1. The Kier molecular flexibility index (Phi) is 19.8. The molecule has 4 aromatic rings. The highest BCUT2D eigenvalue weighted by Crippen LogP contribution is 2.29. The molecule has 4 heterocycles. The standard InChI is InChI=1S/C26H31N5O3S.C13H18FN3OS.C8H16N2O.H2O/c1-17-21-24(27-16-31(25(21)33)18(2)23(32)28-19-8-6-7-9-19)35-22(17)26(34)30-14-12-29(13-15-30)20-10-4-3-5-11-20;14-11-1-3-12(4-2-11)16-5-7-17(8-6-16)13(18)9-19-10-15;1-6(9)8(11)10-7-4-2-3-5-7;/h3-5,10-11,16,18-19H,6-9,12-15H2,1-2H3,(H,28,32);1-4H,5-10,15H2;6-7H,2-5,9H2,1H3,(H,10,11);1H2. The van der Waals surface area contributed by atoms with Crippen LogP contribution in [0.25, 0.3) is 10.2 Å². The summed E-state index contributed by atoms with van der Waals surface area (Å²) in [5, 5.41) is 6.41. The molecule has 8 N–H and O–H groups in total. The molecule has 2 saturated heterocycles. The van der Waals surface area contributed by atoms with Crippen LogP contribution in [0, 0.1) is 12.7 Å². The number of para-hydroxylation sites is 1. The zero-order chi connectivity index (χ0) is 46.5. The van der Waals surface area contributed by atoms with Crippen LogP contribution in [0.5, 0.6) is 0 Å². The van der Waals surface area contributed by atoms with Gasteiger partial charge in [-0.2, -0.15) is 0 Å². The monoisotopic (exact) mass is 950 g/mol. The van der Waals surface area contributed by atoms with E-state index in [1.54, 1.807) is 26.0 Å². The third kappa shape index (κ3) is 13.7. The fraction of sp³-hybridized carbons (Fsp3) is 0.532. The Hall–Kier alpha value is -5.08. The minimum atomic E-state index is -0.662. The molecule has 2 aliphatic carbocycles. The molecular formula is C47H67FN10O6S2. The van der Waals surface area contributed by atoms with Gasteiger partial charge in [0.2, 0.25) is 17.7 Å². The molecule has 66 heavy (non-hydrogen) atoms. The number of aryl methyl sites for hydroxylation is 1. The van der Waals surface area contributed by atoms with Gasteiger partial charge in [0.25, 0.3) is 11.5 Å². The van der Waals surface area contributed by atoms with Gasteiger partial charge in [0.15, 0.2) is 0 Å². The normalized spacial score (nSPS) is 17.5. The first-order chi connectivity index (χ1) is 31.3. The minimum absolute atomic E-state index is 0. The van der Waals surface area contributed by atoms with Crippen molar-refractivity contribution in [3.8, 4) is 0 Å². The molecule has 2 unspecified atom stereocenters. The first kappa shape index (κ1) is 51.9. The highest BCUT2D eigenvalue weighted by Gasteiger charge is 2.29. The third-order valence-electron chi connectivity index (χ3n) is 12.5. The number of benzene rings is 2. The number of carbonyl (C=O) groups is 4. The van der Waals surface area contributed by atoms with Gasteiger partial charge < -0.3 is 47.2 Å². The van der Waals surface area contributed by atoms with E-state index < -0.39 is 6.04 Å². The number of aromatic nitrogens is 2. The zero-order valence-electron chi connectivity index (χ0n) is 38.4. The van der Waals surface area contributed by atoms with Crippen molar-refractivity contribution in [3.63, 3.8) is 0 Å². The van der Waals surface area contributed by atoms with Gasteiger partial charge >= 0.3 is 0 Å². The summed E-state index contributed by atoms with van der Waals surface area (Å²) in [6.45, 7) is 11.0. The molecule has 0 spiro atoms. The molecule has 19 heteroatoms. The quantitative estimate of drug-likeness (QED) is 0.157. The van der Waals surface area contributed by atoms with E-state index in [2.05, 4.69) is 37.6 Å². The van der Waals surface area contributed by atoms with Crippen molar-refractivity contribution in [2.75, 3.05) is 73.8 Å². The number of thiophene rings is 1. The Bertz CT molecular complexity index is 2250. The molecule has 16 nitrogen and oxygen atoms in total. The van der Waals surface area contributed by atoms with Gasteiger partial charge in [0, 0.05) is 81.7 Å². The van der Waals surface area contributed by atoms with Crippen molar-refractivity contribution in [2.45, 2.75) is 96.3 Å². The fourth-order valence-electron chi connectivity index (χ4n) is 8.59. The van der Waals surface area contributed by atoms with E-state index in [9.17, 15) is 28.4 Å². The average molecular weight is 951 g/mol. The summed E-state index contributed by atoms with van der Waals surface area (Å²) in [4.78, 5) is 76.1. The number of carbonyl (C=O) groups excluding carboxylic acids is 4. The van der Waals surface area contributed by atoms with Gasteiger partial charge in [0.1, 0.15) is 16.7 Å². The third-order valence-corrected chi connectivity index (χ3v) is 14.4. The maximum Gasteiger partial charge on any atom is 0.264 e. The maximum absolute atomic E-state index is 13.4. The van der Waals surface area contributed by atoms with Crippen molar-refractivity contribution < 1.29 is 29.0 Å². The summed E-state index contributed by atoms with van der Waals surface area (Å²) in [6, 6.07) is 16.2. The summed E-state index contributed by atoms with van der Waals surface area (Å²) in [6.07, 6.45) is 10.4. The van der Waals surface area contributed by atoms with Crippen LogP contribution in [-0.2, 0) is 14.4 Å². The highest BCUT2D eigenvalue weighted by molar-refractivity contribution is 7.99. The molecular weight excluding hydrogens is 884 g/mol. The van der Waals surface area contributed by atoms with E-state index in [1.165, 1.54) is 59.0 Å². The number of anilines is 2. The first-order valence-electron chi connectivity index (χ1n) is 22.9. The lowest BCUT2D eigenvalue weighted by molar-refractivity contribution is -0.128. The predicted molar refractivity (Wildman–Crippen MR) is 263 cm³/mol. The van der Waals surface area contributed by atoms with Crippen molar-refractivity contribution in [1.29, 1.82) is 0 Å². The molecule has 360 valence electrons. The van der Waals surface area contributed by atoms with E-state index in [0.29, 0.717) is 64.5 Å². The molecule has 2 aromatic heterocycles. The molecule has 2 atom stereocenters. The van der Waals surface area contributed by atoms with Crippen LogP contribution in [0.4, 0.5) is 15.8 Å². The second kappa shape index (κ2) is 25.2. The van der Waals surface area contributed by atoms with Crippen molar-refractivity contribution in [1.82, 2.24) is 30.0 Å². The summed E-state index contributed by atoms with van der Waals surface area (Å²) < 4.78 is 14.2. The fourth-order valence-corrected chi connectivity index (χ4v) is 10.2. The average Bonchev–Trinajstić information content (AvgIpc) is 4.12. The molecule has 2 saturated carbocycles. The minimum Gasteiger partial charge on any atom is -0.412 e. The topological polar surface area (TPSA) is 224 Å². The van der Waals surface area contributed by atoms with Crippen LogP contribution >= 0.6 is 23.1 Å². The van der Waals surface area contributed by atoms with Crippen LogP contribution < -0.4 is 37.5 Å². The van der Waals surface area contributed by atoms with Gasteiger partial charge in [-0.25, -0.2) is 9.37 Å². The van der Waals surface area contributed by atoms with Crippen LogP contribution in [-0.4, -0.2) is 131 Å². The maximum atomic E-state index is 13.4. The number of rotatable bonds is 11. The highest BCUT2D eigenvalue weighted by atomic mass is 32.2. The molecule has 0 bridgehead atoms. The number of amides is 4. The summed E-state index contributed by atoms with van der Waals surface area (Å²) >= 11 is 2.70. The summed E-state index contributed by atoms with van der Waals surface area (Å²) in [5.41, 5.74) is 13.3. The van der Waals surface area contributed by atoms with E-state index in [1.807, 2.05) is 34.9 Å². The smallest absolute Gasteiger partial charge is 0.264 e. The molecule has 4 amide bonds. The van der Waals surface area contributed by atoms with E-state index >= 15 is 0 Å². The zero-order valence-corrected chi connectivity index (χ0v) is 40.0. The number of thioether (sulfide) groups is 1. The van der Waals surface area contributed by atoms with E-state index in [4.69, 9.17) is 11.5 Å². The lowest BCUT2D eigenvalue weighted by atomic mass is 10.1. The molecule has 0 radical (unpaired) electrons. The second-order valence-electron chi connectivity index (χ2n) is 17.1. The Labute approximate surface area is 394 Å². The Morgan fingerprint density at radius 2 is 1.30 bits per heavy atom. The number of fused-ring (bicyclic) bond motifs is 1. The number of piperazine rings is 2. The van der Waals surface area contributed by atoms with Crippen LogP contribution in [0.2, 0.25) is 0 Å². The molecule has 2 aromatic carbocycles. The molecule has 8 rings (SSSR count). The number of hydrogen-bond donors (Lipinski definition) is 4. The SMILES string of the molecule is CC(N)C(=O)NC1CCCC1.Cc1c(C(=O)N2CCN(c3ccccc3)CC2)sc2ncn(C(C)C(=O)NC3CCCC3)c(=O)c12.NCSCC(=O)N1CCN(c2ccc(F)cc2)CC1.O. The number of nitrogens with zero attached hydrogens (tertiary/aromatic N) is 6. The lowest BCUT2D eigenvalue weighted by Crippen LogP contribution is -2.49. The van der Waals surface area contributed by atoms with Crippen molar-refractivity contribution >= 4 is 68.3 Å². The predicted octanol–water partition coefficient (Wildman–Crippen LogP) is 4.04. The van der Waals surface area contributed by atoms with Gasteiger partial charge in [0.05, 0.1) is 28.4 Å². The van der Waals surface area contributed by atoms with Crippen LogP contribution in [0.3, 0.4) is 0 Å². The van der Waals surface area contributed by atoms with Crippen molar-refractivity contribution in [3.05, 3.63) is 87.5 Å². The van der Waals surface area contributed by atoms with Gasteiger partial charge in [-0.15, -0.1) is 23.1 Å². The van der Waals surface area contributed by atoms with Crippen LogP contribution in [0.15, 0.2) is 65.7 Å².